The molecule has 0 aromatic heterocycles. The molecule has 0 fully saturated rings. The van der Waals surface area contributed by atoms with Crippen LogP contribution in [0.1, 0.15) is 18.4 Å². The quantitative estimate of drug-likeness (QED) is 0.757. The van der Waals surface area contributed by atoms with Gasteiger partial charge in [-0.1, -0.05) is 49.5 Å². The molecule has 0 spiro atoms. The molecule has 0 aliphatic carbocycles. The van der Waals surface area contributed by atoms with Gasteiger partial charge in [-0.05, 0) is 23.5 Å². The fourth-order valence-electron chi connectivity index (χ4n) is 1.81. The first-order chi connectivity index (χ1) is 9.06. The molecule has 2 unspecified atom stereocenters. The summed E-state index contributed by atoms with van der Waals surface area (Å²) in [7, 11) is 0. The normalized spacial score (nSPS) is 13.6. The molecule has 3 nitrogen and oxygen atoms in total. The molecule has 1 aromatic rings. The van der Waals surface area contributed by atoms with Crippen molar-refractivity contribution in [3.05, 3.63) is 35.9 Å². The number of hydrogen-bond donors (Lipinski definition) is 2. The lowest BCUT2D eigenvalue weighted by molar-refractivity contribution is -0.121. The lowest BCUT2D eigenvalue weighted by Crippen LogP contribution is -2.38. The van der Waals surface area contributed by atoms with Crippen LogP contribution in [0.3, 0.4) is 0 Å². The van der Waals surface area contributed by atoms with E-state index in [0.717, 1.165) is 11.3 Å². The van der Waals surface area contributed by atoms with Crippen LogP contribution < -0.4 is 11.1 Å². The molecule has 5 heteroatoms. The van der Waals surface area contributed by atoms with Crippen LogP contribution in [0.5, 0.6) is 0 Å². The van der Waals surface area contributed by atoms with Crippen molar-refractivity contribution in [3.63, 3.8) is 0 Å². The molecule has 0 radical (unpaired) electrons. The van der Waals surface area contributed by atoms with Gasteiger partial charge in [0.15, 0.2) is 0 Å². The van der Waals surface area contributed by atoms with Gasteiger partial charge < -0.3 is 11.1 Å². The standard InChI is InChI=1S/C14H20N2OS2/c1-10(9-19-2)8-16-14(17)12(13(15)18)11-6-4-3-5-7-11/h3-7,10,12H,8-9H2,1-2H3,(H2,15,18)(H,16,17). The van der Waals surface area contributed by atoms with E-state index in [1.807, 2.05) is 30.3 Å². The maximum atomic E-state index is 12.2. The zero-order chi connectivity index (χ0) is 14.3. The summed E-state index contributed by atoms with van der Waals surface area (Å²) >= 11 is 6.79. The second-order valence-corrected chi connectivity index (χ2v) is 5.93. The second kappa shape index (κ2) is 8.17. The minimum absolute atomic E-state index is 0.119. The van der Waals surface area contributed by atoms with Gasteiger partial charge in [0.05, 0.1) is 4.99 Å². The van der Waals surface area contributed by atoms with Crippen molar-refractivity contribution < 1.29 is 4.79 Å². The van der Waals surface area contributed by atoms with Crippen molar-refractivity contribution in [3.8, 4) is 0 Å². The second-order valence-electron chi connectivity index (χ2n) is 4.55. The monoisotopic (exact) mass is 296 g/mol. The summed E-state index contributed by atoms with van der Waals surface area (Å²) in [4.78, 5) is 12.4. The van der Waals surface area contributed by atoms with Crippen molar-refractivity contribution in [1.82, 2.24) is 5.32 Å². The maximum absolute atomic E-state index is 12.2. The highest BCUT2D eigenvalue weighted by molar-refractivity contribution is 7.98. The van der Waals surface area contributed by atoms with E-state index in [1.165, 1.54) is 0 Å². The Hall–Kier alpha value is -1.07. The van der Waals surface area contributed by atoms with Gasteiger partial charge >= 0.3 is 0 Å². The van der Waals surface area contributed by atoms with Crippen molar-refractivity contribution in [2.45, 2.75) is 12.8 Å². The largest absolute Gasteiger partial charge is 0.392 e. The zero-order valence-electron chi connectivity index (χ0n) is 11.3. The van der Waals surface area contributed by atoms with Gasteiger partial charge in [-0.3, -0.25) is 4.79 Å². The molecular formula is C14H20N2OS2. The Balaban J connectivity index is 2.68. The summed E-state index contributed by atoms with van der Waals surface area (Å²) in [6, 6.07) is 9.40. The van der Waals surface area contributed by atoms with E-state index in [9.17, 15) is 4.79 Å². The Kier molecular flexibility index (Phi) is 6.87. The predicted molar refractivity (Wildman–Crippen MR) is 86.5 cm³/mol. The number of thioether (sulfide) groups is 1. The van der Waals surface area contributed by atoms with Crippen LogP contribution in [0.25, 0.3) is 0 Å². The molecule has 1 rings (SSSR count). The molecule has 1 aromatic carbocycles. The van der Waals surface area contributed by atoms with Gasteiger partial charge in [-0.2, -0.15) is 11.8 Å². The van der Waals surface area contributed by atoms with Crippen LogP contribution >= 0.6 is 24.0 Å². The molecule has 0 aliphatic heterocycles. The van der Waals surface area contributed by atoms with Crippen molar-refractivity contribution in [2.75, 3.05) is 18.6 Å². The Labute approximate surface area is 124 Å². The first kappa shape index (κ1) is 16.0. The zero-order valence-corrected chi connectivity index (χ0v) is 12.9. The van der Waals surface area contributed by atoms with E-state index < -0.39 is 5.92 Å². The Morgan fingerprint density at radius 2 is 2.05 bits per heavy atom. The van der Waals surface area contributed by atoms with Crippen LogP contribution in [0, 0.1) is 5.92 Å². The smallest absolute Gasteiger partial charge is 0.234 e. The van der Waals surface area contributed by atoms with Gasteiger partial charge in [0.25, 0.3) is 0 Å². The molecule has 3 N–H and O–H groups in total. The number of nitrogens with one attached hydrogen (secondary N) is 1. The summed E-state index contributed by atoms with van der Waals surface area (Å²) in [5, 5.41) is 2.93. The Morgan fingerprint density at radius 3 is 2.58 bits per heavy atom. The van der Waals surface area contributed by atoms with Crippen LogP contribution in [0.2, 0.25) is 0 Å². The summed E-state index contributed by atoms with van der Waals surface area (Å²) in [5.74, 6) is 0.787. The molecule has 0 aliphatic rings. The first-order valence-corrected chi connectivity index (χ1v) is 7.97. The van der Waals surface area contributed by atoms with Gasteiger partial charge in [-0.25, -0.2) is 0 Å². The number of benzene rings is 1. The van der Waals surface area contributed by atoms with Crippen LogP contribution in [0.15, 0.2) is 30.3 Å². The highest BCUT2D eigenvalue weighted by Gasteiger charge is 2.23. The van der Waals surface area contributed by atoms with E-state index in [0.29, 0.717) is 12.5 Å². The molecule has 0 bridgehead atoms. The van der Waals surface area contributed by atoms with E-state index in [2.05, 4.69) is 18.5 Å². The lowest BCUT2D eigenvalue weighted by atomic mass is 9.98. The molecule has 1 amide bonds. The molecule has 104 valence electrons. The van der Waals surface area contributed by atoms with E-state index in [4.69, 9.17) is 18.0 Å². The number of carbonyl (C=O) groups excluding carboxylic acids is 1. The van der Waals surface area contributed by atoms with Crippen molar-refractivity contribution >= 4 is 34.9 Å². The van der Waals surface area contributed by atoms with E-state index in [1.54, 1.807) is 11.8 Å². The summed E-state index contributed by atoms with van der Waals surface area (Å²) in [6.45, 7) is 2.75. The summed E-state index contributed by atoms with van der Waals surface area (Å²) in [6.07, 6.45) is 2.06. The van der Waals surface area contributed by atoms with E-state index in [-0.39, 0.29) is 10.9 Å². The maximum Gasteiger partial charge on any atom is 0.234 e. The fraction of sp³-hybridized carbons (Fsp3) is 0.429. The number of carbonyl (C=O) groups is 1. The van der Waals surface area contributed by atoms with Gasteiger partial charge in [0, 0.05) is 6.54 Å². The van der Waals surface area contributed by atoms with Crippen LogP contribution in [-0.4, -0.2) is 29.4 Å². The Bertz CT molecular complexity index is 423. The van der Waals surface area contributed by atoms with Gasteiger partial charge in [0.1, 0.15) is 5.92 Å². The van der Waals surface area contributed by atoms with Crippen molar-refractivity contribution in [2.24, 2.45) is 11.7 Å². The number of amides is 1. The Morgan fingerprint density at radius 1 is 1.42 bits per heavy atom. The minimum Gasteiger partial charge on any atom is -0.392 e. The average molecular weight is 296 g/mol. The summed E-state index contributed by atoms with van der Waals surface area (Å²) < 4.78 is 0. The SMILES string of the molecule is CSCC(C)CNC(=O)C(C(N)=S)c1ccccc1. The lowest BCUT2D eigenvalue weighted by Gasteiger charge is -2.17. The summed E-state index contributed by atoms with van der Waals surface area (Å²) in [5.41, 5.74) is 6.54. The van der Waals surface area contributed by atoms with E-state index >= 15 is 0 Å². The molecule has 2 atom stereocenters. The number of nitrogens with two attached hydrogens (primary N) is 1. The topological polar surface area (TPSA) is 55.1 Å². The van der Waals surface area contributed by atoms with Crippen LogP contribution in [0.4, 0.5) is 0 Å². The van der Waals surface area contributed by atoms with Gasteiger partial charge in [-0.15, -0.1) is 0 Å². The molecule has 0 saturated heterocycles. The number of hydrogen-bond acceptors (Lipinski definition) is 3. The van der Waals surface area contributed by atoms with Gasteiger partial charge in [0.2, 0.25) is 5.91 Å². The highest BCUT2D eigenvalue weighted by Crippen LogP contribution is 2.16. The molecular weight excluding hydrogens is 276 g/mol. The minimum atomic E-state index is -0.544. The fourth-order valence-corrected chi connectivity index (χ4v) is 2.74. The molecule has 0 heterocycles. The average Bonchev–Trinajstić information content (AvgIpc) is 2.38. The predicted octanol–water partition coefficient (Wildman–Crippen LogP) is 2.17. The third-order valence-corrected chi connectivity index (χ3v) is 3.89. The molecule has 0 saturated carbocycles. The van der Waals surface area contributed by atoms with Crippen LogP contribution in [-0.2, 0) is 4.79 Å². The third-order valence-electron chi connectivity index (χ3n) is 2.76. The number of rotatable bonds is 7. The molecule has 19 heavy (non-hydrogen) atoms. The number of thiocarbonyl (C=S) groups is 1. The highest BCUT2D eigenvalue weighted by atomic mass is 32.2. The third kappa shape index (κ3) is 5.20. The first-order valence-electron chi connectivity index (χ1n) is 6.17. The van der Waals surface area contributed by atoms with Crippen molar-refractivity contribution in [1.29, 1.82) is 0 Å².